The predicted molar refractivity (Wildman–Crippen MR) is 108 cm³/mol. The molecule has 2 aromatic rings. The van der Waals surface area contributed by atoms with Crippen molar-refractivity contribution in [3.8, 4) is 11.3 Å². The minimum absolute atomic E-state index is 0.0313. The molecular weight excluding hydrogens is 336 g/mol. The topological polar surface area (TPSA) is 58.1 Å². The fraction of sp³-hybridized carbons (Fsp3) is 0.500. The highest BCUT2D eigenvalue weighted by atomic mass is 16.1. The lowest BCUT2D eigenvalue weighted by atomic mass is 9.95. The summed E-state index contributed by atoms with van der Waals surface area (Å²) >= 11 is 0. The zero-order valence-corrected chi connectivity index (χ0v) is 15.9. The van der Waals surface area contributed by atoms with E-state index in [9.17, 15) is 4.79 Å². The number of amides is 1. The molecule has 1 saturated carbocycles. The van der Waals surface area contributed by atoms with E-state index in [1.54, 1.807) is 12.4 Å². The molecule has 0 radical (unpaired) electrons. The lowest BCUT2D eigenvalue weighted by Crippen LogP contribution is -2.36. The largest absolute Gasteiger partial charge is 0.355 e. The van der Waals surface area contributed by atoms with E-state index in [1.165, 1.54) is 38.5 Å². The Balaban J connectivity index is 1.50. The molecule has 1 N–H and O–H groups in total. The molecule has 2 aliphatic rings. The van der Waals surface area contributed by atoms with Crippen molar-refractivity contribution < 1.29 is 4.79 Å². The molecular formula is C22H28N4O. The molecule has 0 spiro atoms. The van der Waals surface area contributed by atoms with Crippen molar-refractivity contribution in [3.05, 3.63) is 42.2 Å². The van der Waals surface area contributed by atoms with Crippen LogP contribution in [0, 0.1) is 0 Å². The molecule has 0 atom stereocenters. The third-order valence-corrected chi connectivity index (χ3v) is 5.70. The van der Waals surface area contributed by atoms with Crippen molar-refractivity contribution in [1.29, 1.82) is 0 Å². The molecule has 2 heterocycles. The Morgan fingerprint density at radius 2 is 1.56 bits per heavy atom. The maximum atomic E-state index is 12.5. The fourth-order valence-electron chi connectivity index (χ4n) is 4.17. The molecule has 0 unspecified atom stereocenters. The lowest BCUT2D eigenvalue weighted by Gasteiger charge is -2.28. The van der Waals surface area contributed by atoms with Crippen LogP contribution in [0.15, 0.2) is 36.7 Å². The van der Waals surface area contributed by atoms with Crippen LogP contribution in [0.4, 0.5) is 5.82 Å². The molecule has 5 nitrogen and oxygen atoms in total. The molecule has 4 rings (SSSR count). The number of nitrogens with one attached hydrogen (secondary N) is 1. The number of hydrogen-bond acceptors (Lipinski definition) is 4. The zero-order chi connectivity index (χ0) is 18.5. The van der Waals surface area contributed by atoms with Gasteiger partial charge in [0.05, 0.1) is 0 Å². The maximum absolute atomic E-state index is 12.5. The van der Waals surface area contributed by atoms with Crippen LogP contribution in [0.3, 0.4) is 0 Å². The van der Waals surface area contributed by atoms with Crippen molar-refractivity contribution in [1.82, 2.24) is 15.3 Å². The Kier molecular flexibility index (Phi) is 5.66. The average Bonchev–Trinajstić information content (AvgIpc) is 2.75. The number of carbonyl (C=O) groups excluding carboxylic acids is 1. The Labute approximate surface area is 161 Å². The van der Waals surface area contributed by atoms with Crippen molar-refractivity contribution in [2.75, 3.05) is 18.0 Å². The highest BCUT2D eigenvalue weighted by molar-refractivity contribution is 5.95. The Bertz CT molecular complexity index is 762. The molecule has 142 valence electrons. The number of rotatable bonds is 4. The molecule has 27 heavy (non-hydrogen) atoms. The number of anilines is 1. The number of piperidine rings is 1. The third kappa shape index (κ3) is 4.29. The second-order valence-electron chi connectivity index (χ2n) is 7.66. The average molecular weight is 364 g/mol. The van der Waals surface area contributed by atoms with Crippen LogP contribution in [-0.2, 0) is 0 Å². The second kappa shape index (κ2) is 8.51. The van der Waals surface area contributed by atoms with Crippen molar-refractivity contribution >= 4 is 11.7 Å². The van der Waals surface area contributed by atoms with E-state index in [4.69, 9.17) is 0 Å². The lowest BCUT2D eigenvalue weighted by molar-refractivity contribution is 0.0927. The minimum atomic E-state index is 0.0313. The Hall–Kier alpha value is -2.43. The molecule has 1 aromatic heterocycles. The van der Waals surface area contributed by atoms with Crippen molar-refractivity contribution in [2.24, 2.45) is 0 Å². The molecule has 1 aliphatic carbocycles. The molecule has 5 heteroatoms. The monoisotopic (exact) mass is 364 g/mol. The molecule has 1 aromatic carbocycles. The van der Waals surface area contributed by atoms with Gasteiger partial charge in [0.2, 0.25) is 0 Å². The third-order valence-electron chi connectivity index (χ3n) is 5.70. The standard InChI is InChI=1S/C22H28N4O/c27-22(25-19-7-3-1-4-8-19)18-11-9-17(10-12-18)20-21(24-14-13-23-20)26-15-5-2-6-16-26/h9-14,19H,1-8,15-16H2,(H,25,27). The van der Waals surface area contributed by atoms with Gasteiger partial charge in [0.25, 0.3) is 5.91 Å². The summed E-state index contributed by atoms with van der Waals surface area (Å²) in [7, 11) is 0. The molecule has 2 fully saturated rings. The smallest absolute Gasteiger partial charge is 0.251 e. The van der Waals surface area contributed by atoms with Gasteiger partial charge in [-0.25, -0.2) is 4.98 Å². The van der Waals surface area contributed by atoms with Crippen LogP contribution >= 0.6 is 0 Å². The highest BCUT2D eigenvalue weighted by Crippen LogP contribution is 2.28. The summed E-state index contributed by atoms with van der Waals surface area (Å²) in [6.45, 7) is 2.07. The zero-order valence-electron chi connectivity index (χ0n) is 15.9. The van der Waals surface area contributed by atoms with E-state index >= 15 is 0 Å². The SMILES string of the molecule is O=C(NC1CCCCC1)c1ccc(-c2nccnc2N2CCCCC2)cc1. The van der Waals surface area contributed by atoms with Gasteiger partial charge in [-0.3, -0.25) is 9.78 Å². The van der Waals surface area contributed by atoms with Gasteiger partial charge in [0.15, 0.2) is 5.82 Å². The summed E-state index contributed by atoms with van der Waals surface area (Å²) in [5.74, 6) is 0.987. The van der Waals surface area contributed by atoms with Crippen LogP contribution in [0.25, 0.3) is 11.3 Å². The Morgan fingerprint density at radius 1 is 0.889 bits per heavy atom. The summed E-state index contributed by atoms with van der Waals surface area (Å²) in [5, 5.41) is 3.18. The first kappa shape index (κ1) is 18.0. The van der Waals surface area contributed by atoms with Gasteiger partial charge in [-0.05, 0) is 44.2 Å². The van der Waals surface area contributed by atoms with Gasteiger partial charge in [0.1, 0.15) is 5.69 Å². The number of benzene rings is 1. The van der Waals surface area contributed by atoms with Gasteiger partial charge in [-0.2, -0.15) is 0 Å². The number of hydrogen-bond donors (Lipinski definition) is 1. The summed E-state index contributed by atoms with van der Waals surface area (Å²) < 4.78 is 0. The van der Waals surface area contributed by atoms with E-state index in [1.807, 2.05) is 24.3 Å². The summed E-state index contributed by atoms with van der Waals surface area (Å²) in [6, 6.07) is 8.13. The van der Waals surface area contributed by atoms with E-state index in [2.05, 4.69) is 20.2 Å². The normalized spacial score (nSPS) is 18.3. The van der Waals surface area contributed by atoms with Gasteiger partial charge < -0.3 is 10.2 Å². The van der Waals surface area contributed by atoms with E-state index < -0.39 is 0 Å². The van der Waals surface area contributed by atoms with E-state index in [-0.39, 0.29) is 5.91 Å². The van der Waals surface area contributed by atoms with Crippen molar-refractivity contribution in [2.45, 2.75) is 57.4 Å². The van der Waals surface area contributed by atoms with E-state index in [0.29, 0.717) is 11.6 Å². The molecule has 1 saturated heterocycles. The van der Waals surface area contributed by atoms with Gasteiger partial charge in [0, 0.05) is 42.7 Å². The predicted octanol–water partition coefficient (Wildman–Crippen LogP) is 4.20. The highest BCUT2D eigenvalue weighted by Gasteiger charge is 2.19. The number of aromatic nitrogens is 2. The molecule has 1 amide bonds. The van der Waals surface area contributed by atoms with Crippen LogP contribution in [0.1, 0.15) is 61.7 Å². The molecule has 1 aliphatic heterocycles. The summed E-state index contributed by atoms with van der Waals surface area (Å²) in [4.78, 5) is 24.0. The van der Waals surface area contributed by atoms with Crippen LogP contribution < -0.4 is 10.2 Å². The quantitative estimate of drug-likeness (QED) is 0.883. The Morgan fingerprint density at radius 3 is 2.30 bits per heavy atom. The van der Waals surface area contributed by atoms with Crippen molar-refractivity contribution in [3.63, 3.8) is 0 Å². The first-order chi connectivity index (χ1) is 13.3. The minimum Gasteiger partial charge on any atom is -0.355 e. The first-order valence-electron chi connectivity index (χ1n) is 10.3. The second-order valence-corrected chi connectivity index (χ2v) is 7.66. The first-order valence-corrected chi connectivity index (χ1v) is 10.3. The maximum Gasteiger partial charge on any atom is 0.251 e. The summed E-state index contributed by atoms with van der Waals surface area (Å²) in [5.41, 5.74) is 2.63. The van der Waals surface area contributed by atoms with Gasteiger partial charge >= 0.3 is 0 Å². The van der Waals surface area contributed by atoms with Crippen LogP contribution in [0.5, 0.6) is 0 Å². The summed E-state index contributed by atoms with van der Waals surface area (Å²) in [6.07, 6.45) is 13.1. The van der Waals surface area contributed by atoms with Crippen LogP contribution in [-0.4, -0.2) is 35.0 Å². The van der Waals surface area contributed by atoms with Gasteiger partial charge in [-0.15, -0.1) is 0 Å². The molecule has 0 bridgehead atoms. The van der Waals surface area contributed by atoms with E-state index in [0.717, 1.165) is 43.0 Å². The number of nitrogens with zero attached hydrogens (tertiary/aromatic N) is 3. The van der Waals surface area contributed by atoms with Gasteiger partial charge in [-0.1, -0.05) is 31.4 Å². The number of carbonyl (C=O) groups is 1. The fourth-order valence-corrected chi connectivity index (χ4v) is 4.17. The van der Waals surface area contributed by atoms with Crippen LogP contribution in [0.2, 0.25) is 0 Å².